The molecule has 2 aromatic rings. The maximum atomic E-state index is 13.2. The largest absolute Gasteiger partial charge is 0.497 e. The maximum absolute atomic E-state index is 13.2. The van der Waals surface area contributed by atoms with Gasteiger partial charge in [0.25, 0.3) is 11.8 Å². The molecule has 2 saturated heterocycles. The summed E-state index contributed by atoms with van der Waals surface area (Å²) in [6.07, 6.45) is 1.47. The minimum absolute atomic E-state index is 0.0307. The smallest absolute Gasteiger partial charge is 0.255 e. The van der Waals surface area contributed by atoms with Gasteiger partial charge in [0.15, 0.2) is 0 Å². The molecular weight excluding hydrogens is 443 g/mol. The number of carbonyl (C=O) groups is 2. The lowest BCUT2D eigenvalue weighted by atomic mass is 10.00. The van der Waals surface area contributed by atoms with Crippen LogP contribution in [0.25, 0.3) is 0 Å². The molecule has 0 N–H and O–H groups in total. The molecule has 0 unspecified atom stereocenters. The Morgan fingerprint density at radius 2 is 1.70 bits per heavy atom. The molecule has 5 nitrogen and oxygen atoms in total. The van der Waals surface area contributed by atoms with Crippen LogP contribution in [0, 0.1) is 0 Å². The number of hydrogen-bond donors (Lipinski definition) is 0. The van der Waals surface area contributed by atoms with Crippen molar-refractivity contribution in [3.8, 4) is 5.75 Å². The summed E-state index contributed by atoms with van der Waals surface area (Å²) in [7, 11) is 1.61. The van der Waals surface area contributed by atoms with Gasteiger partial charge in [-0.1, -0.05) is 23.2 Å². The van der Waals surface area contributed by atoms with Crippen LogP contribution in [0.1, 0.15) is 33.6 Å². The number of benzene rings is 2. The first kappa shape index (κ1) is 21.3. The van der Waals surface area contributed by atoms with Crippen molar-refractivity contribution in [2.24, 2.45) is 0 Å². The van der Waals surface area contributed by atoms with Gasteiger partial charge in [-0.3, -0.25) is 9.59 Å². The average molecular weight is 465 g/mol. The highest BCUT2D eigenvalue weighted by atomic mass is 35.5. The summed E-state index contributed by atoms with van der Waals surface area (Å²) in [5.41, 5.74) is 1.12. The fourth-order valence-electron chi connectivity index (χ4n) is 4.09. The Morgan fingerprint density at radius 3 is 2.33 bits per heavy atom. The van der Waals surface area contributed by atoms with E-state index in [1.54, 1.807) is 49.6 Å². The standard InChI is InChI=1S/C22H22Cl2N2O3S/c1-29-17-5-2-15(3-6-17)20(27)26-12-13-30-22(26)8-10-25(11-9-22)21(28)18-7-4-16(23)14-19(18)24/h2-7,14H,8-13H2,1H3. The fraction of sp³-hybridized carbons (Fsp3) is 0.364. The van der Waals surface area contributed by atoms with Crippen LogP contribution in [0.2, 0.25) is 10.0 Å². The lowest BCUT2D eigenvalue weighted by Crippen LogP contribution is -2.53. The van der Waals surface area contributed by atoms with Gasteiger partial charge in [-0.2, -0.15) is 0 Å². The summed E-state index contributed by atoms with van der Waals surface area (Å²) in [5, 5.41) is 0.864. The van der Waals surface area contributed by atoms with Gasteiger partial charge in [0, 0.05) is 36.0 Å². The van der Waals surface area contributed by atoms with Crippen molar-refractivity contribution in [2.75, 3.05) is 32.5 Å². The molecule has 0 atom stereocenters. The van der Waals surface area contributed by atoms with Gasteiger partial charge in [0.1, 0.15) is 5.75 Å². The second-order valence-corrected chi connectivity index (χ2v) is 9.70. The molecule has 2 fully saturated rings. The number of nitrogens with zero attached hydrogens (tertiary/aromatic N) is 2. The first-order valence-electron chi connectivity index (χ1n) is 9.78. The van der Waals surface area contributed by atoms with Gasteiger partial charge in [0.05, 0.1) is 22.6 Å². The summed E-state index contributed by atoms with van der Waals surface area (Å²) in [6.45, 7) is 1.88. The molecule has 0 saturated carbocycles. The second kappa shape index (κ2) is 8.69. The Bertz CT molecular complexity index is 959. The molecule has 158 valence electrons. The number of piperidine rings is 1. The molecule has 0 bridgehead atoms. The SMILES string of the molecule is COc1ccc(C(=O)N2CCSC23CCN(C(=O)c2ccc(Cl)cc2Cl)CC3)cc1. The van der Waals surface area contributed by atoms with Crippen LogP contribution in [0.5, 0.6) is 5.75 Å². The van der Waals surface area contributed by atoms with E-state index in [1.807, 2.05) is 21.6 Å². The number of likely N-dealkylation sites (tertiary alicyclic amines) is 1. The van der Waals surface area contributed by atoms with Crippen molar-refractivity contribution in [2.45, 2.75) is 17.7 Å². The van der Waals surface area contributed by atoms with Gasteiger partial charge < -0.3 is 14.5 Å². The number of hydrogen-bond acceptors (Lipinski definition) is 4. The van der Waals surface area contributed by atoms with Crippen LogP contribution in [-0.2, 0) is 0 Å². The van der Waals surface area contributed by atoms with E-state index < -0.39 is 0 Å². The number of halogens is 2. The van der Waals surface area contributed by atoms with E-state index in [1.165, 1.54) is 0 Å². The van der Waals surface area contributed by atoms with Crippen LogP contribution in [0.4, 0.5) is 0 Å². The van der Waals surface area contributed by atoms with Crippen molar-refractivity contribution in [3.05, 3.63) is 63.6 Å². The van der Waals surface area contributed by atoms with E-state index in [-0.39, 0.29) is 16.7 Å². The third-order valence-corrected chi connectivity index (χ3v) is 7.85. The lowest BCUT2D eigenvalue weighted by Gasteiger charge is -2.44. The Balaban J connectivity index is 1.46. The van der Waals surface area contributed by atoms with E-state index in [2.05, 4.69) is 0 Å². The summed E-state index contributed by atoms with van der Waals surface area (Å²) >= 11 is 14.0. The van der Waals surface area contributed by atoms with Crippen molar-refractivity contribution in [3.63, 3.8) is 0 Å². The zero-order chi connectivity index (χ0) is 21.3. The third-order valence-electron chi connectivity index (χ3n) is 5.75. The Morgan fingerprint density at radius 1 is 1.00 bits per heavy atom. The highest BCUT2D eigenvalue weighted by Gasteiger charge is 2.47. The first-order valence-corrected chi connectivity index (χ1v) is 11.5. The Kier molecular flexibility index (Phi) is 6.19. The molecule has 1 spiro atoms. The Hall–Kier alpha value is -1.89. The predicted molar refractivity (Wildman–Crippen MR) is 121 cm³/mol. The molecule has 2 aliphatic heterocycles. The van der Waals surface area contributed by atoms with Gasteiger partial charge in [-0.05, 0) is 55.3 Å². The van der Waals surface area contributed by atoms with Crippen LogP contribution < -0.4 is 4.74 Å². The summed E-state index contributed by atoms with van der Waals surface area (Å²) < 4.78 is 5.19. The van der Waals surface area contributed by atoms with Gasteiger partial charge in [0.2, 0.25) is 0 Å². The molecule has 2 aromatic carbocycles. The molecule has 0 radical (unpaired) electrons. The van der Waals surface area contributed by atoms with Crippen molar-refractivity contribution in [1.29, 1.82) is 0 Å². The number of carbonyl (C=O) groups excluding carboxylic acids is 2. The molecule has 30 heavy (non-hydrogen) atoms. The number of rotatable bonds is 3. The normalized spacial score (nSPS) is 18.0. The summed E-state index contributed by atoms with van der Waals surface area (Å²) in [6, 6.07) is 12.2. The fourth-order valence-corrected chi connectivity index (χ4v) is 6.04. The Labute approximate surface area is 190 Å². The van der Waals surface area contributed by atoms with Crippen molar-refractivity contribution in [1.82, 2.24) is 9.80 Å². The van der Waals surface area contributed by atoms with Crippen molar-refractivity contribution < 1.29 is 14.3 Å². The average Bonchev–Trinajstić information content (AvgIpc) is 3.16. The molecular formula is C22H22Cl2N2O3S. The monoisotopic (exact) mass is 464 g/mol. The number of thioether (sulfide) groups is 1. The van der Waals surface area contributed by atoms with Crippen LogP contribution >= 0.6 is 35.0 Å². The minimum atomic E-state index is -0.266. The van der Waals surface area contributed by atoms with Crippen molar-refractivity contribution >= 4 is 46.8 Å². The molecule has 8 heteroatoms. The second-order valence-electron chi connectivity index (χ2n) is 7.40. The van der Waals surface area contributed by atoms with E-state index in [0.29, 0.717) is 40.8 Å². The van der Waals surface area contributed by atoms with E-state index >= 15 is 0 Å². The maximum Gasteiger partial charge on any atom is 0.255 e. The van der Waals surface area contributed by atoms with Crippen LogP contribution in [-0.4, -0.2) is 59.0 Å². The molecule has 4 rings (SSSR count). The lowest BCUT2D eigenvalue weighted by molar-refractivity contribution is 0.0498. The highest BCUT2D eigenvalue weighted by molar-refractivity contribution is 8.00. The summed E-state index contributed by atoms with van der Waals surface area (Å²) in [4.78, 5) is 29.7. The van der Waals surface area contributed by atoms with E-state index in [9.17, 15) is 9.59 Å². The molecule has 2 amide bonds. The van der Waals surface area contributed by atoms with Crippen LogP contribution in [0.15, 0.2) is 42.5 Å². The number of amides is 2. The first-order chi connectivity index (χ1) is 14.4. The molecule has 0 aromatic heterocycles. The molecule has 2 aliphatic rings. The zero-order valence-corrected chi connectivity index (χ0v) is 18.9. The predicted octanol–water partition coefficient (Wildman–Crippen LogP) is 4.82. The zero-order valence-electron chi connectivity index (χ0n) is 16.6. The minimum Gasteiger partial charge on any atom is -0.497 e. The van der Waals surface area contributed by atoms with Gasteiger partial charge in [-0.15, -0.1) is 11.8 Å². The molecule has 0 aliphatic carbocycles. The highest BCUT2D eigenvalue weighted by Crippen LogP contribution is 2.45. The topological polar surface area (TPSA) is 49.9 Å². The summed E-state index contributed by atoms with van der Waals surface area (Å²) in [5.74, 6) is 1.56. The van der Waals surface area contributed by atoms with Gasteiger partial charge in [-0.25, -0.2) is 0 Å². The molecule has 2 heterocycles. The number of ether oxygens (including phenoxy) is 1. The quantitative estimate of drug-likeness (QED) is 0.652. The number of methoxy groups -OCH3 is 1. The van der Waals surface area contributed by atoms with E-state index in [0.717, 1.165) is 24.3 Å². The van der Waals surface area contributed by atoms with Gasteiger partial charge >= 0.3 is 0 Å². The third kappa shape index (κ3) is 4.01. The van der Waals surface area contributed by atoms with E-state index in [4.69, 9.17) is 27.9 Å². The van der Waals surface area contributed by atoms with Crippen LogP contribution in [0.3, 0.4) is 0 Å².